The van der Waals surface area contributed by atoms with Gasteiger partial charge in [-0.1, -0.05) is 12.1 Å². The quantitative estimate of drug-likeness (QED) is 0.504. The minimum absolute atomic E-state index is 0.0232. The number of morpholine rings is 1. The zero-order chi connectivity index (χ0) is 20.4. The van der Waals surface area contributed by atoms with Gasteiger partial charge < -0.3 is 14.8 Å². The maximum atomic E-state index is 12.7. The van der Waals surface area contributed by atoms with Crippen LogP contribution in [0.2, 0.25) is 0 Å². The predicted octanol–water partition coefficient (Wildman–Crippen LogP) is 2.53. The molecule has 29 heavy (non-hydrogen) atoms. The SMILES string of the molecule is N#CC(=C(O)c1ccc(S(=O)(=O)N2CCOCC2)cc1)c1nc2ccccc2[nH]1. The molecular formula is C20H18N4O4S. The molecule has 4 rings (SSSR count). The number of aliphatic hydroxyl groups excluding tert-OH is 1. The topological polar surface area (TPSA) is 119 Å². The van der Waals surface area contributed by atoms with E-state index in [0.29, 0.717) is 37.4 Å². The Hall–Kier alpha value is -3.19. The number of imidazole rings is 1. The first kappa shape index (κ1) is 19.1. The Labute approximate surface area is 167 Å². The van der Waals surface area contributed by atoms with E-state index in [2.05, 4.69) is 9.97 Å². The van der Waals surface area contributed by atoms with Gasteiger partial charge in [0.05, 0.1) is 29.1 Å². The zero-order valence-electron chi connectivity index (χ0n) is 15.4. The number of nitrogens with zero attached hydrogens (tertiary/aromatic N) is 3. The van der Waals surface area contributed by atoms with E-state index in [0.717, 1.165) is 5.52 Å². The van der Waals surface area contributed by atoms with Crippen LogP contribution in [-0.4, -0.2) is 54.1 Å². The van der Waals surface area contributed by atoms with Gasteiger partial charge >= 0.3 is 0 Å². The molecule has 0 saturated carbocycles. The lowest BCUT2D eigenvalue weighted by Crippen LogP contribution is -2.40. The molecule has 1 fully saturated rings. The molecule has 2 heterocycles. The highest BCUT2D eigenvalue weighted by atomic mass is 32.2. The normalized spacial score (nSPS) is 16.4. The van der Waals surface area contributed by atoms with Gasteiger partial charge in [-0.25, -0.2) is 13.4 Å². The summed E-state index contributed by atoms with van der Waals surface area (Å²) in [5.41, 5.74) is 1.72. The number of sulfonamides is 1. The van der Waals surface area contributed by atoms with E-state index in [-0.39, 0.29) is 22.1 Å². The van der Waals surface area contributed by atoms with Crippen LogP contribution >= 0.6 is 0 Å². The largest absolute Gasteiger partial charge is 0.506 e. The highest BCUT2D eigenvalue weighted by Crippen LogP contribution is 2.26. The summed E-state index contributed by atoms with van der Waals surface area (Å²) in [6, 6.07) is 15.1. The van der Waals surface area contributed by atoms with E-state index < -0.39 is 10.0 Å². The van der Waals surface area contributed by atoms with Gasteiger partial charge in [0.25, 0.3) is 0 Å². The molecule has 2 aromatic carbocycles. The lowest BCUT2D eigenvalue weighted by molar-refractivity contribution is 0.0730. The lowest BCUT2D eigenvalue weighted by atomic mass is 10.1. The summed E-state index contributed by atoms with van der Waals surface area (Å²) in [4.78, 5) is 7.47. The van der Waals surface area contributed by atoms with Crippen molar-refractivity contribution >= 4 is 32.4 Å². The number of ether oxygens (including phenoxy) is 1. The molecule has 0 radical (unpaired) electrons. The number of allylic oxidation sites excluding steroid dienone is 1. The van der Waals surface area contributed by atoms with Gasteiger partial charge in [0.2, 0.25) is 10.0 Å². The van der Waals surface area contributed by atoms with Crippen molar-refractivity contribution in [1.29, 1.82) is 5.26 Å². The van der Waals surface area contributed by atoms with Crippen LogP contribution in [0.5, 0.6) is 0 Å². The van der Waals surface area contributed by atoms with Crippen LogP contribution in [0.25, 0.3) is 22.4 Å². The van der Waals surface area contributed by atoms with Crippen molar-refractivity contribution in [2.75, 3.05) is 26.3 Å². The summed E-state index contributed by atoms with van der Waals surface area (Å²) in [5.74, 6) is -0.0295. The Balaban J connectivity index is 1.67. The molecular weight excluding hydrogens is 392 g/mol. The molecule has 8 nitrogen and oxygen atoms in total. The summed E-state index contributed by atoms with van der Waals surface area (Å²) in [6.07, 6.45) is 0. The number of nitrogens with one attached hydrogen (secondary N) is 1. The molecule has 0 unspecified atom stereocenters. The van der Waals surface area contributed by atoms with Crippen LogP contribution in [0.3, 0.4) is 0 Å². The van der Waals surface area contributed by atoms with Crippen molar-refractivity contribution in [3.63, 3.8) is 0 Å². The average molecular weight is 410 g/mol. The molecule has 9 heteroatoms. The molecule has 1 aliphatic heterocycles. The van der Waals surface area contributed by atoms with E-state index >= 15 is 0 Å². The van der Waals surface area contributed by atoms with E-state index in [1.165, 1.54) is 28.6 Å². The Morgan fingerprint density at radius 3 is 2.48 bits per heavy atom. The first-order valence-electron chi connectivity index (χ1n) is 8.97. The van der Waals surface area contributed by atoms with Crippen LogP contribution in [0, 0.1) is 11.3 Å². The van der Waals surface area contributed by atoms with Crippen LogP contribution in [0.4, 0.5) is 0 Å². The van der Waals surface area contributed by atoms with Crippen molar-refractivity contribution in [3.8, 4) is 6.07 Å². The maximum absolute atomic E-state index is 12.7. The molecule has 0 amide bonds. The van der Waals surface area contributed by atoms with E-state index in [9.17, 15) is 18.8 Å². The molecule has 2 N–H and O–H groups in total. The van der Waals surface area contributed by atoms with Gasteiger partial charge in [-0.05, 0) is 36.4 Å². The second-order valence-corrected chi connectivity index (χ2v) is 8.42. The number of rotatable bonds is 4. The number of hydrogen-bond acceptors (Lipinski definition) is 6. The van der Waals surface area contributed by atoms with Crippen molar-refractivity contribution in [2.24, 2.45) is 0 Å². The number of H-pyrrole nitrogens is 1. The summed E-state index contributed by atoms with van der Waals surface area (Å²) < 4.78 is 32.0. The third kappa shape index (κ3) is 3.61. The van der Waals surface area contributed by atoms with Crippen LogP contribution in [0.1, 0.15) is 11.4 Å². The van der Waals surface area contributed by atoms with Gasteiger partial charge in [0, 0.05) is 18.7 Å². The fourth-order valence-electron chi connectivity index (χ4n) is 3.15. The minimum atomic E-state index is -3.63. The number of aromatic nitrogens is 2. The second kappa shape index (κ2) is 7.67. The van der Waals surface area contributed by atoms with Gasteiger partial charge in [0.1, 0.15) is 17.4 Å². The first-order chi connectivity index (χ1) is 14.0. The number of nitriles is 1. The van der Waals surface area contributed by atoms with Gasteiger partial charge in [-0.3, -0.25) is 0 Å². The van der Waals surface area contributed by atoms with Crippen molar-refractivity contribution in [2.45, 2.75) is 4.90 Å². The molecule has 1 saturated heterocycles. The lowest BCUT2D eigenvalue weighted by Gasteiger charge is -2.26. The number of aromatic amines is 1. The number of fused-ring (bicyclic) bond motifs is 1. The molecule has 0 atom stereocenters. The fraction of sp³-hybridized carbons (Fsp3) is 0.200. The van der Waals surface area contributed by atoms with Crippen molar-refractivity contribution < 1.29 is 18.3 Å². The average Bonchev–Trinajstić information content (AvgIpc) is 3.18. The summed E-state index contributed by atoms with van der Waals surface area (Å²) in [7, 11) is -3.63. The molecule has 1 aliphatic rings. The molecule has 0 aliphatic carbocycles. The Kier molecular flexibility index (Phi) is 5.07. The number of aliphatic hydroxyl groups is 1. The number of benzene rings is 2. The second-order valence-electron chi connectivity index (χ2n) is 6.48. The van der Waals surface area contributed by atoms with E-state index in [1.807, 2.05) is 24.3 Å². The molecule has 148 valence electrons. The van der Waals surface area contributed by atoms with Crippen LogP contribution < -0.4 is 0 Å². The van der Waals surface area contributed by atoms with Gasteiger partial charge in [0.15, 0.2) is 5.82 Å². The zero-order valence-corrected chi connectivity index (χ0v) is 16.2. The Bertz CT molecular complexity index is 1180. The number of para-hydroxylation sites is 2. The molecule has 1 aromatic heterocycles. The highest BCUT2D eigenvalue weighted by molar-refractivity contribution is 7.89. The molecule has 0 spiro atoms. The number of hydrogen-bond donors (Lipinski definition) is 2. The van der Waals surface area contributed by atoms with E-state index in [4.69, 9.17) is 4.74 Å². The highest BCUT2D eigenvalue weighted by Gasteiger charge is 2.26. The summed E-state index contributed by atoms with van der Waals surface area (Å²) in [5, 5.41) is 20.2. The monoisotopic (exact) mass is 410 g/mol. The van der Waals surface area contributed by atoms with Gasteiger partial charge in [-0.2, -0.15) is 9.57 Å². The van der Waals surface area contributed by atoms with Crippen LogP contribution in [0.15, 0.2) is 53.4 Å². The third-order valence-electron chi connectivity index (χ3n) is 4.71. The Morgan fingerprint density at radius 2 is 1.83 bits per heavy atom. The molecule has 3 aromatic rings. The van der Waals surface area contributed by atoms with Crippen molar-refractivity contribution in [1.82, 2.24) is 14.3 Å². The Morgan fingerprint density at radius 1 is 1.14 bits per heavy atom. The summed E-state index contributed by atoms with van der Waals surface area (Å²) >= 11 is 0. The van der Waals surface area contributed by atoms with Gasteiger partial charge in [-0.15, -0.1) is 0 Å². The summed E-state index contributed by atoms with van der Waals surface area (Å²) in [6.45, 7) is 1.34. The minimum Gasteiger partial charge on any atom is -0.506 e. The standard InChI is InChI=1S/C20H18N4O4S/c21-13-16(20-22-17-3-1-2-4-18(17)23-20)19(25)14-5-7-15(8-6-14)29(26,27)24-9-11-28-12-10-24/h1-8,25H,9-12H2,(H,22,23). The van der Waals surface area contributed by atoms with E-state index in [1.54, 1.807) is 6.07 Å². The van der Waals surface area contributed by atoms with Crippen molar-refractivity contribution in [3.05, 3.63) is 59.9 Å². The first-order valence-corrected chi connectivity index (χ1v) is 10.4. The maximum Gasteiger partial charge on any atom is 0.243 e. The van der Waals surface area contributed by atoms with Crippen LogP contribution in [-0.2, 0) is 14.8 Å². The molecule has 0 bridgehead atoms. The smallest absolute Gasteiger partial charge is 0.243 e. The predicted molar refractivity (Wildman–Crippen MR) is 107 cm³/mol. The third-order valence-corrected chi connectivity index (χ3v) is 6.62. The fourth-order valence-corrected chi connectivity index (χ4v) is 4.56.